The van der Waals surface area contributed by atoms with Crippen LogP contribution in [0.15, 0.2) is 18.2 Å². The van der Waals surface area contributed by atoms with Crippen LogP contribution in [0, 0.1) is 0 Å². The first-order valence-electron chi connectivity index (χ1n) is 5.17. The van der Waals surface area contributed by atoms with E-state index in [2.05, 4.69) is 10.1 Å². The number of phenols is 1. The lowest BCUT2D eigenvalue weighted by atomic mass is 10.3. The molecule has 0 radical (unpaired) electrons. The average molecular weight is 241 g/mol. The van der Waals surface area contributed by atoms with E-state index in [1.807, 2.05) is 0 Å². The molecule has 6 nitrogen and oxygen atoms in total. The Morgan fingerprint density at radius 2 is 2.24 bits per heavy atom. The Hall–Kier alpha value is -1.95. The van der Waals surface area contributed by atoms with Crippen molar-refractivity contribution < 1.29 is 24.5 Å². The number of aliphatic hydroxyl groups is 1. The Kier molecular flexibility index (Phi) is 5.09. The van der Waals surface area contributed by atoms with Crippen LogP contribution in [0.2, 0.25) is 0 Å². The Balaban J connectivity index is 2.64. The Bertz CT molecular complexity index is 380. The smallest absolute Gasteiger partial charge is 0.411 e. The number of ether oxygens (including phenoxy) is 2. The molecule has 1 rings (SSSR count). The molecule has 0 aliphatic heterocycles. The minimum atomic E-state index is -0.587. The van der Waals surface area contributed by atoms with Gasteiger partial charge < -0.3 is 19.7 Å². The molecular weight excluding hydrogens is 226 g/mol. The van der Waals surface area contributed by atoms with Crippen molar-refractivity contribution >= 4 is 11.8 Å². The molecule has 0 saturated heterocycles. The summed E-state index contributed by atoms with van der Waals surface area (Å²) in [6.07, 6.45) is -0.587. The molecule has 1 amide bonds. The van der Waals surface area contributed by atoms with Gasteiger partial charge >= 0.3 is 6.09 Å². The van der Waals surface area contributed by atoms with Crippen molar-refractivity contribution in [1.82, 2.24) is 0 Å². The number of amides is 1. The summed E-state index contributed by atoms with van der Waals surface area (Å²) in [6.45, 7) is 1.93. The standard InChI is InChI=1S/C11H15NO5/c1-2-16-11(15)12-8-3-4-10(9(14)7-8)17-6-5-13/h3-4,7,13-14H,2,5-6H2,1H3,(H,12,15). The van der Waals surface area contributed by atoms with Crippen LogP contribution in [-0.2, 0) is 4.74 Å². The number of nitrogens with one attached hydrogen (secondary N) is 1. The van der Waals surface area contributed by atoms with E-state index in [-0.39, 0.29) is 31.3 Å². The van der Waals surface area contributed by atoms with Crippen LogP contribution in [0.3, 0.4) is 0 Å². The third kappa shape index (κ3) is 4.20. The van der Waals surface area contributed by atoms with Gasteiger partial charge in [0.05, 0.1) is 13.2 Å². The molecule has 3 N–H and O–H groups in total. The van der Waals surface area contributed by atoms with Crippen molar-refractivity contribution in [2.45, 2.75) is 6.92 Å². The van der Waals surface area contributed by atoms with E-state index in [9.17, 15) is 9.90 Å². The lowest BCUT2D eigenvalue weighted by molar-refractivity contribution is 0.168. The molecule has 0 saturated carbocycles. The first-order valence-corrected chi connectivity index (χ1v) is 5.17. The molecule has 94 valence electrons. The van der Waals surface area contributed by atoms with E-state index in [4.69, 9.17) is 9.84 Å². The van der Waals surface area contributed by atoms with Crippen LogP contribution in [0.5, 0.6) is 11.5 Å². The topological polar surface area (TPSA) is 88.0 Å². The minimum Gasteiger partial charge on any atom is -0.504 e. The zero-order valence-corrected chi connectivity index (χ0v) is 9.47. The first kappa shape index (κ1) is 13.1. The van der Waals surface area contributed by atoms with Gasteiger partial charge in [0.1, 0.15) is 6.61 Å². The summed E-state index contributed by atoms with van der Waals surface area (Å²) in [6, 6.07) is 4.39. The molecule has 6 heteroatoms. The van der Waals surface area contributed by atoms with Gasteiger partial charge in [0.25, 0.3) is 0 Å². The number of aliphatic hydroxyl groups excluding tert-OH is 1. The molecule has 0 heterocycles. The summed E-state index contributed by atoms with van der Waals surface area (Å²) in [5.41, 5.74) is 0.400. The van der Waals surface area contributed by atoms with E-state index in [1.54, 1.807) is 13.0 Å². The lowest BCUT2D eigenvalue weighted by Crippen LogP contribution is -2.13. The van der Waals surface area contributed by atoms with E-state index in [0.717, 1.165) is 0 Å². The van der Waals surface area contributed by atoms with Gasteiger partial charge in [-0.1, -0.05) is 0 Å². The van der Waals surface area contributed by atoms with E-state index >= 15 is 0 Å². The van der Waals surface area contributed by atoms with Gasteiger partial charge in [0, 0.05) is 11.8 Å². The van der Waals surface area contributed by atoms with Crippen molar-refractivity contribution in [3.05, 3.63) is 18.2 Å². The van der Waals surface area contributed by atoms with Gasteiger partial charge in [-0.05, 0) is 19.1 Å². The summed E-state index contributed by atoms with van der Waals surface area (Å²) in [5, 5.41) is 20.6. The summed E-state index contributed by atoms with van der Waals surface area (Å²) in [7, 11) is 0. The summed E-state index contributed by atoms with van der Waals surface area (Å²) >= 11 is 0. The summed E-state index contributed by atoms with van der Waals surface area (Å²) < 4.78 is 9.73. The van der Waals surface area contributed by atoms with Gasteiger partial charge in [-0.2, -0.15) is 0 Å². The molecule has 0 spiro atoms. The average Bonchev–Trinajstić information content (AvgIpc) is 2.28. The van der Waals surface area contributed by atoms with Gasteiger partial charge in [0.2, 0.25) is 0 Å². The molecule has 0 unspecified atom stereocenters. The zero-order chi connectivity index (χ0) is 12.7. The van der Waals surface area contributed by atoms with Crippen LogP contribution in [0.1, 0.15) is 6.92 Å². The van der Waals surface area contributed by atoms with Gasteiger partial charge in [-0.3, -0.25) is 5.32 Å². The maximum Gasteiger partial charge on any atom is 0.411 e. The molecule has 0 atom stereocenters. The largest absolute Gasteiger partial charge is 0.504 e. The summed E-state index contributed by atoms with van der Waals surface area (Å²) in [5.74, 6) is 0.126. The van der Waals surface area contributed by atoms with Crippen molar-refractivity contribution in [2.75, 3.05) is 25.1 Å². The van der Waals surface area contributed by atoms with Crippen LogP contribution >= 0.6 is 0 Å². The highest BCUT2D eigenvalue weighted by atomic mass is 16.5. The SMILES string of the molecule is CCOC(=O)Nc1ccc(OCCO)c(O)c1. The molecule has 0 bridgehead atoms. The number of benzene rings is 1. The third-order valence-corrected chi connectivity index (χ3v) is 1.83. The highest BCUT2D eigenvalue weighted by molar-refractivity contribution is 5.85. The normalized spacial score (nSPS) is 9.76. The monoisotopic (exact) mass is 241 g/mol. The number of carbonyl (C=O) groups is 1. The zero-order valence-electron chi connectivity index (χ0n) is 9.47. The highest BCUT2D eigenvalue weighted by Crippen LogP contribution is 2.28. The van der Waals surface area contributed by atoms with Crippen molar-refractivity contribution in [1.29, 1.82) is 0 Å². The molecule has 17 heavy (non-hydrogen) atoms. The fourth-order valence-corrected chi connectivity index (χ4v) is 1.16. The second kappa shape index (κ2) is 6.59. The van der Waals surface area contributed by atoms with Gasteiger partial charge in [0.15, 0.2) is 11.5 Å². The fourth-order valence-electron chi connectivity index (χ4n) is 1.16. The Labute approximate surface area is 98.8 Å². The molecule has 0 aliphatic carbocycles. The second-order valence-electron chi connectivity index (χ2n) is 3.10. The molecule has 1 aromatic carbocycles. The molecule has 0 fully saturated rings. The van der Waals surface area contributed by atoms with Gasteiger partial charge in [-0.15, -0.1) is 0 Å². The summed E-state index contributed by atoms with van der Waals surface area (Å²) in [4.78, 5) is 11.1. The highest BCUT2D eigenvalue weighted by Gasteiger charge is 2.06. The third-order valence-electron chi connectivity index (χ3n) is 1.83. The number of hydrogen-bond acceptors (Lipinski definition) is 5. The number of anilines is 1. The maximum absolute atomic E-state index is 11.1. The fraction of sp³-hybridized carbons (Fsp3) is 0.364. The van der Waals surface area contributed by atoms with E-state index in [1.165, 1.54) is 12.1 Å². The number of aromatic hydroxyl groups is 1. The number of hydrogen-bond donors (Lipinski definition) is 3. The molecule has 0 aromatic heterocycles. The van der Waals surface area contributed by atoms with Crippen LogP contribution < -0.4 is 10.1 Å². The van der Waals surface area contributed by atoms with Crippen LogP contribution in [0.4, 0.5) is 10.5 Å². The first-order chi connectivity index (χ1) is 8.17. The molecule has 1 aromatic rings. The van der Waals surface area contributed by atoms with Crippen molar-refractivity contribution in [3.8, 4) is 11.5 Å². The quantitative estimate of drug-likeness (QED) is 0.723. The number of rotatable bonds is 5. The molecule has 0 aliphatic rings. The van der Waals surface area contributed by atoms with Crippen LogP contribution in [0.25, 0.3) is 0 Å². The minimum absolute atomic E-state index is 0.0954. The van der Waals surface area contributed by atoms with Crippen LogP contribution in [-0.4, -0.2) is 36.1 Å². The Morgan fingerprint density at radius 1 is 1.47 bits per heavy atom. The van der Waals surface area contributed by atoms with Crippen molar-refractivity contribution in [3.63, 3.8) is 0 Å². The lowest BCUT2D eigenvalue weighted by Gasteiger charge is -2.09. The van der Waals surface area contributed by atoms with E-state index < -0.39 is 6.09 Å². The predicted molar refractivity (Wildman–Crippen MR) is 61.3 cm³/mol. The van der Waals surface area contributed by atoms with Crippen molar-refractivity contribution in [2.24, 2.45) is 0 Å². The Morgan fingerprint density at radius 3 is 2.82 bits per heavy atom. The van der Waals surface area contributed by atoms with E-state index in [0.29, 0.717) is 5.69 Å². The number of phenolic OH excluding ortho intramolecular Hbond substituents is 1. The second-order valence-corrected chi connectivity index (χ2v) is 3.10. The van der Waals surface area contributed by atoms with Gasteiger partial charge in [-0.25, -0.2) is 4.79 Å². The number of carbonyl (C=O) groups excluding carboxylic acids is 1. The maximum atomic E-state index is 11.1. The predicted octanol–water partition coefficient (Wildman–Crippen LogP) is 1.33. The molecular formula is C11H15NO5.